The van der Waals surface area contributed by atoms with Crippen LogP contribution in [0.2, 0.25) is 0 Å². The molecule has 2 rings (SSSR count). The average molecular weight is 275 g/mol. The molecule has 98 valence electrons. The zero-order valence-electron chi connectivity index (χ0n) is 10.3. The molecule has 2 aromatic rings. The van der Waals surface area contributed by atoms with E-state index in [2.05, 4.69) is 5.32 Å². The van der Waals surface area contributed by atoms with Gasteiger partial charge >= 0.3 is 5.97 Å². The van der Waals surface area contributed by atoms with Gasteiger partial charge in [0, 0.05) is 11.4 Å². The first-order valence-corrected chi connectivity index (χ1v) is 6.55. The minimum Gasteiger partial charge on any atom is -0.478 e. The number of carboxylic acid groups (broad SMARTS) is 1. The number of carbonyl (C=O) groups excluding carboxylic acids is 1. The molecule has 0 aliphatic rings. The maximum absolute atomic E-state index is 11.8. The normalized spacial score (nSPS) is 10.2. The van der Waals surface area contributed by atoms with Crippen molar-refractivity contribution in [1.82, 2.24) is 5.32 Å². The predicted octanol–water partition coefficient (Wildman–Crippen LogP) is 2.68. The van der Waals surface area contributed by atoms with Crippen molar-refractivity contribution in [3.8, 4) is 0 Å². The molecule has 0 radical (unpaired) electrons. The highest BCUT2D eigenvalue weighted by molar-refractivity contribution is 7.13. The van der Waals surface area contributed by atoms with Crippen molar-refractivity contribution in [2.24, 2.45) is 0 Å². The summed E-state index contributed by atoms with van der Waals surface area (Å²) in [6.45, 7) is 2.26. The van der Waals surface area contributed by atoms with E-state index in [1.54, 1.807) is 24.3 Å². The summed E-state index contributed by atoms with van der Waals surface area (Å²) in [5.41, 5.74) is 0.986. The second kappa shape index (κ2) is 5.67. The van der Waals surface area contributed by atoms with Crippen LogP contribution in [0.25, 0.3) is 0 Å². The second-order valence-corrected chi connectivity index (χ2v) is 5.39. The molecule has 1 amide bonds. The quantitative estimate of drug-likeness (QED) is 0.901. The Morgan fingerprint density at radius 1 is 1.26 bits per heavy atom. The van der Waals surface area contributed by atoms with Gasteiger partial charge in [0.15, 0.2) is 0 Å². The number of aromatic carboxylic acids is 1. The summed E-state index contributed by atoms with van der Waals surface area (Å²) >= 11 is 1.43. The molecule has 0 unspecified atom stereocenters. The van der Waals surface area contributed by atoms with Gasteiger partial charge in [-0.1, -0.05) is 12.1 Å². The number of hydrogen-bond donors (Lipinski definition) is 2. The SMILES string of the molecule is Cc1ccc(C(=O)NCc2cccc(C(=O)O)c2)s1. The molecule has 0 bridgehead atoms. The van der Waals surface area contributed by atoms with Gasteiger partial charge in [0.05, 0.1) is 10.4 Å². The standard InChI is InChI=1S/C14H13NO3S/c1-9-5-6-12(19-9)13(16)15-8-10-3-2-4-11(7-10)14(17)18/h2-7H,8H2,1H3,(H,15,16)(H,17,18). The van der Waals surface area contributed by atoms with E-state index in [0.717, 1.165) is 10.4 Å². The third-order valence-electron chi connectivity index (χ3n) is 2.59. The molecule has 5 heteroatoms. The summed E-state index contributed by atoms with van der Waals surface area (Å²) < 4.78 is 0. The van der Waals surface area contributed by atoms with Gasteiger partial charge in [0.1, 0.15) is 0 Å². The fourth-order valence-electron chi connectivity index (χ4n) is 1.64. The lowest BCUT2D eigenvalue weighted by atomic mass is 10.1. The van der Waals surface area contributed by atoms with E-state index >= 15 is 0 Å². The number of carboxylic acids is 1. The highest BCUT2D eigenvalue weighted by atomic mass is 32.1. The maximum Gasteiger partial charge on any atom is 0.335 e. The molecule has 0 atom stereocenters. The molecule has 1 heterocycles. The Morgan fingerprint density at radius 2 is 2.05 bits per heavy atom. The lowest BCUT2D eigenvalue weighted by Gasteiger charge is -2.04. The van der Waals surface area contributed by atoms with Crippen LogP contribution in [0, 0.1) is 6.92 Å². The zero-order chi connectivity index (χ0) is 13.8. The molecule has 0 fully saturated rings. The first-order valence-electron chi connectivity index (χ1n) is 5.73. The van der Waals surface area contributed by atoms with Crippen molar-refractivity contribution >= 4 is 23.2 Å². The zero-order valence-corrected chi connectivity index (χ0v) is 11.2. The van der Waals surface area contributed by atoms with Crippen LogP contribution in [0.3, 0.4) is 0 Å². The van der Waals surface area contributed by atoms with Gasteiger partial charge in [-0.3, -0.25) is 4.79 Å². The number of amides is 1. The van der Waals surface area contributed by atoms with Gasteiger partial charge in [-0.2, -0.15) is 0 Å². The Hall–Kier alpha value is -2.14. The van der Waals surface area contributed by atoms with Gasteiger partial charge in [-0.15, -0.1) is 11.3 Å². The molecule has 0 saturated heterocycles. The summed E-state index contributed by atoms with van der Waals surface area (Å²) in [5.74, 6) is -1.11. The molecular formula is C14H13NO3S. The Kier molecular flexibility index (Phi) is 3.97. The van der Waals surface area contributed by atoms with E-state index in [-0.39, 0.29) is 11.5 Å². The van der Waals surface area contributed by atoms with Crippen molar-refractivity contribution in [3.05, 3.63) is 57.3 Å². The lowest BCUT2D eigenvalue weighted by molar-refractivity contribution is 0.0696. The first-order chi connectivity index (χ1) is 9.06. The third-order valence-corrected chi connectivity index (χ3v) is 3.59. The summed E-state index contributed by atoms with van der Waals surface area (Å²) in [7, 11) is 0. The molecule has 1 aromatic carbocycles. The fraction of sp³-hybridized carbons (Fsp3) is 0.143. The summed E-state index contributed by atoms with van der Waals surface area (Å²) in [4.78, 5) is 24.4. The van der Waals surface area contributed by atoms with E-state index in [4.69, 9.17) is 5.11 Å². The summed E-state index contributed by atoms with van der Waals surface area (Å²) in [5, 5.41) is 11.7. The Labute approximate surface area is 114 Å². The van der Waals surface area contributed by atoms with Crippen LogP contribution in [0.15, 0.2) is 36.4 Å². The van der Waals surface area contributed by atoms with Crippen molar-refractivity contribution in [2.45, 2.75) is 13.5 Å². The van der Waals surface area contributed by atoms with Gasteiger partial charge in [0.25, 0.3) is 5.91 Å². The maximum atomic E-state index is 11.8. The van der Waals surface area contributed by atoms with Gasteiger partial charge < -0.3 is 10.4 Å². The van der Waals surface area contributed by atoms with Crippen LogP contribution >= 0.6 is 11.3 Å². The lowest BCUT2D eigenvalue weighted by Crippen LogP contribution is -2.21. The van der Waals surface area contributed by atoms with Crippen LogP contribution < -0.4 is 5.32 Å². The van der Waals surface area contributed by atoms with E-state index in [9.17, 15) is 9.59 Å². The van der Waals surface area contributed by atoms with Crippen LogP contribution in [0.1, 0.15) is 30.5 Å². The van der Waals surface area contributed by atoms with E-state index in [1.807, 2.05) is 13.0 Å². The van der Waals surface area contributed by atoms with Gasteiger partial charge in [-0.05, 0) is 36.8 Å². The molecule has 4 nitrogen and oxygen atoms in total. The van der Waals surface area contributed by atoms with Crippen molar-refractivity contribution in [1.29, 1.82) is 0 Å². The Morgan fingerprint density at radius 3 is 2.68 bits per heavy atom. The number of benzene rings is 1. The highest BCUT2D eigenvalue weighted by Gasteiger charge is 2.08. The average Bonchev–Trinajstić information content (AvgIpc) is 2.83. The molecule has 1 aromatic heterocycles. The second-order valence-electron chi connectivity index (χ2n) is 4.10. The summed E-state index contributed by atoms with van der Waals surface area (Å²) in [6.07, 6.45) is 0. The number of thiophene rings is 1. The van der Waals surface area contributed by atoms with E-state index < -0.39 is 5.97 Å². The molecule has 0 spiro atoms. The molecule has 0 saturated carbocycles. The predicted molar refractivity (Wildman–Crippen MR) is 73.6 cm³/mol. The van der Waals surface area contributed by atoms with E-state index in [0.29, 0.717) is 11.4 Å². The number of hydrogen-bond acceptors (Lipinski definition) is 3. The Bertz CT molecular complexity index is 619. The molecule has 0 aliphatic carbocycles. The highest BCUT2D eigenvalue weighted by Crippen LogP contribution is 2.15. The van der Waals surface area contributed by atoms with Crippen molar-refractivity contribution in [3.63, 3.8) is 0 Å². The minimum absolute atomic E-state index is 0.140. The molecular weight excluding hydrogens is 262 g/mol. The van der Waals surface area contributed by atoms with Gasteiger partial charge in [-0.25, -0.2) is 4.79 Å². The minimum atomic E-state index is -0.970. The first kappa shape index (κ1) is 13.3. The number of carbonyl (C=O) groups is 2. The number of nitrogens with one attached hydrogen (secondary N) is 1. The Balaban J connectivity index is 2.01. The number of aryl methyl sites for hydroxylation is 1. The van der Waals surface area contributed by atoms with Gasteiger partial charge in [0.2, 0.25) is 0 Å². The smallest absolute Gasteiger partial charge is 0.335 e. The molecule has 0 aliphatic heterocycles. The monoisotopic (exact) mass is 275 g/mol. The number of rotatable bonds is 4. The van der Waals surface area contributed by atoms with Crippen molar-refractivity contribution < 1.29 is 14.7 Å². The molecule has 19 heavy (non-hydrogen) atoms. The molecule has 2 N–H and O–H groups in total. The van der Waals surface area contributed by atoms with Crippen LogP contribution in [-0.4, -0.2) is 17.0 Å². The van der Waals surface area contributed by atoms with E-state index in [1.165, 1.54) is 17.4 Å². The largest absolute Gasteiger partial charge is 0.478 e. The van der Waals surface area contributed by atoms with Crippen LogP contribution in [-0.2, 0) is 6.54 Å². The van der Waals surface area contributed by atoms with Crippen LogP contribution in [0.4, 0.5) is 0 Å². The van der Waals surface area contributed by atoms with Crippen molar-refractivity contribution in [2.75, 3.05) is 0 Å². The van der Waals surface area contributed by atoms with Crippen LogP contribution in [0.5, 0.6) is 0 Å². The fourth-order valence-corrected chi connectivity index (χ4v) is 2.42. The third kappa shape index (κ3) is 3.42. The topological polar surface area (TPSA) is 66.4 Å². The summed E-state index contributed by atoms with van der Waals surface area (Å²) in [6, 6.07) is 10.2.